The summed E-state index contributed by atoms with van der Waals surface area (Å²) in [5, 5.41) is 4.84. The van der Waals surface area contributed by atoms with Crippen molar-refractivity contribution in [2.45, 2.75) is 25.3 Å². The highest BCUT2D eigenvalue weighted by Gasteiger charge is 2.35. The zero-order valence-electron chi connectivity index (χ0n) is 36.1. The van der Waals surface area contributed by atoms with Crippen LogP contribution in [-0.2, 0) is 5.41 Å². The van der Waals surface area contributed by atoms with E-state index in [-0.39, 0.29) is 11.5 Å². The normalized spacial score (nSPS) is 13.5. The van der Waals surface area contributed by atoms with Crippen LogP contribution in [0.1, 0.15) is 42.1 Å². The van der Waals surface area contributed by atoms with Crippen molar-refractivity contribution >= 4 is 27.2 Å². The summed E-state index contributed by atoms with van der Waals surface area (Å²) in [6.45, 7) is 4.69. The van der Waals surface area contributed by atoms with Crippen LogP contribution in [0.2, 0.25) is 0 Å². The number of benzene rings is 10. The molecule has 0 radical (unpaired) electrons. The summed E-state index contributed by atoms with van der Waals surface area (Å²) in [4.78, 5) is 0. The van der Waals surface area contributed by atoms with E-state index in [9.17, 15) is 0 Å². The van der Waals surface area contributed by atoms with Crippen LogP contribution in [0.4, 0.5) is 0 Å². The van der Waals surface area contributed by atoms with Gasteiger partial charge in [0.1, 0.15) is 0 Å². The summed E-state index contributed by atoms with van der Waals surface area (Å²) in [6, 6.07) is 78.7. The highest BCUT2D eigenvalue weighted by molar-refractivity contribution is 6.15. The Bertz CT molecular complexity index is 3390. The maximum atomic E-state index is 6.77. The lowest BCUT2D eigenvalue weighted by molar-refractivity contribution is 0.660. The topological polar surface area (TPSA) is 52.0 Å². The molecule has 1 aliphatic carbocycles. The predicted octanol–water partition coefficient (Wildman–Crippen LogP) is 15.6. The molecule has 11 rings (SSSR count). The van der Waals surface area contributed by atoms with Gasteiger partial charge in [0.15, 0.2) is 0 Å². The van der Waals surface area contributed by atoms with Gasteiger partial charge in [-0.25, -0.2) is 0 Å². The monoisotopic (exact) mass is 820 g/mol. The molecule has 2 heteroatoms. The first-order valence-corrected chi connectivity index (χ1v) is 22.2. The van der Waals surface area contributed by atoms with E-state index in [0.29, 0.717) is 5.70 Å². The minimum absolute atomic E-state index is 0.0498. The van der Waals surface area contributed by atoms with Gasteiger partial charge >= 0.3 is 0 Å². The van der Waals surface area contributed by atoms with Gasteiger partial charge in [-0.2, -0.15) is 0 Å². The van der Waals surface area contributed by atoms with E-state index in [2.05, 4.69) is 226 Å². The molecule has 1 aliphatic rings. The number of rotatable bonds is 8. The fourth-order valence-electron chi connectivity index (χ4n) is 10.0. The van der Waals surface area contributed by atoms with E-state index in [4.69, 9.17) is 11.5 Å². The van der Waals surface area contributed by atoms with Crippen molar-refractivity contribution in [1.82, 2.24) is 0 Å². The molecule has 64 heavy (non-hydrogen) atoms. The van der Waals surface area contributed by atoms with Crippen molar-refractivity contribution in [3.8, 4) is 66.8 Å². The van der Waals surface area contributed by atoms with Crippen LogP contribution in [0, 0.1) is 0 Å². The summed E-state index contributed by atoms with van der Waals surface area (Å²) in [5.41, 5.74) is 33.4. The Labute approximate surface area is 375 Å². The first-order valence-electron chi connectivity index (χ1n) is 22.2. The first-order chi connectivity index (χ1) is 31.3. The number of nitrogens with two attached hydrogens (primary N) is 2. The largest absolute Gasteiger partial charge is 0.398 e. The number of hydrogen-bond acceptors (Lipinski definition) is 2. The molecular weight excluding hydrogens is 773 g/mol. The summed E-state index contributed by atoms with van der Waals surface area (Å²) >= 11 is 0. The van der Waals surface area contributed by atoms with Crippen LogP contribution < -0.4 is 11.5 Å². The van der Waals surface area contributed by atoms with Gasteiger partial charge in [-0.3, -0.25) is 0 Å². The molecule has 306 valence electrons. The lowest BCUT2D eigenvalue weighted by atomic mass is 9.81. The van der Waals surface area contributed by atoms with Gasteiger partial charge < -0.3 is 11.5 Å². The third kappa shape index (κ3) is 6.81. The molecule has 10 aromatic carbocycles. The fourth-order valence-corrected chi connectivity index (χ4v) is 10.0. The molecular formula is C62H48N2. The Morgan fingerprint density at radius 1 is 0.406 bits per heavy atom. The highest BCUT2D eigenvalue weighted by Crippen LogP contribution is 2.50. The minimum atomic E-state index is -0.339. The molecule has 0 saturated carbocycles. The average Bonchev–Trinajstić information content (AvgIpc) is 3.58. The molecule has 0 saturated heterocycles. The van der Waals surface area contributed by atoms with Gasteiger partial charge in [0, 0.05) is 11.1 Å². The summed E-state index contributed by atoms with van der Waals surface area (Å²) in [5.74, 6) is 0. The molecule has 0 heterocycles. The standard InChI is InChI=1S/C62H48N2/c1-62(2)56-19-11-10-18-54(56)55-37-34-49(38-57(55)62)42-20-24-45(25-21-42)52-35-32-43-14-6-8-16-50(43)60(52)61-51-17-9-7-15-44(51)33-36-53(61)46-26-30-48(31-27-46)59(64)39-58(63)47-28-22-41(23-29-47)40-12-4-3-5-13-40/h3-39,58H,63-64H2,1-2H3/b59-39-. The van der Waals surface area contributed by atoms with Gasteiger partial charge in [0.05, 0.1) is 6.04 Å². The quantitative estimate of drug-likeness (QED) is 0.160. The molecule has 4 N–H and O–H groups in total. The molecule has 0 fully saturated rings. The smallest absolute Gasteiger partial charge is 0.0504 e. The molecule has 1 atom stereocenters. The van der Waals surface area contributed by atoms with Crippen molar-refractivity contribution in [3.05, 3.63) is 247 Å². The van der Waals surface area contributed by atoms with Gasteiger partial charge in [-0.1, -0.05) is 226 Å². The van der Waals surface area contributed by atoms with Crippen LogP contribution in [0.25, 0.3) is 94.0 Å². The Hall–Kier alpha value is -7.78. The van der Waals surface area contributed by atoms with Gasteiger partial charge in [0.25, 0.3) is 0 Å². The van der Waals surface area contributed by atoms with Gasteiger partial charge in [0.2, 0.25) is 0 Å². The zero-order chi connectivity index (χ0) is 43.4. The van der Waals surface area contributed by atoms with E-state index < -0.39 is 0 Å². The van der Waals surface area contributed by atoms with Crippen molar-refractivity contribution < 1.29 is 0 Å². The van der Waals surface area contributed by atoms with E-state index in [1.807, 2.05) is 12.1 Å². The number of fused-ring (bicyclic) bond motifs is 5. The Morgan fingerprint density at radius 3 is 1.50 bits per heavy atom. The Morgan fingerprint density at radius 2 is 0.859 bits per heavy atom. The summed E-state index contributed by atoms with van der Waals surface area (Å²) in [6.07, 6.45) is 1.95. The van der Waals surface area contributed by atoms with Crippen LogP contribution in [0.5, 0.6) is 0 Å². The summed E-state index contributed by atoms with van der Waals surface area (Å²) < 4.78 is 0. The molecule has 0 amide bonds. The maximum absolute atomic E-state index is 6.77. The highest BCUT2D eigenvalue weighted by atomic mass is 14.6. The molecule has 0 bridgehead atoms. The number of hydrogen-bond donors (Lipinski definition) is 2. The molecule has 2 nitrogen and oxygen atoms in total. The van der Waals surface area contributed by atoms with Crippen LogP contribution >= 0.6 is 0 Å². The van der Waals surface area contributed by atoms with E-state index in [0.717, 1.165) is 22.3 Å². The third-order valence-electron chi connectivity index (χ3n) is 13.5. The molecule has 10 aromatic rings. The SMILES string of the molecule is CC1(C)c2ccccc2-c2ccc(-c3ccc(-c4ccc5ccccc5c4-c4c(-c5ccc(/C(N)=C/C(N)c6ccc(-c7ccccc7)cc6)cc5)ccc5ccccc45)cc3)cc21. The van der Waals surface area contributed by atoms with Crippen LogP contribution in [0.15, 0.2) is 224 Å². The first kappa shape index (κ1) is 39.1. The van der Waals surface area contributed by atoms with Crippen LogP contribution in [0.3, 0.4) is 0 Å². The van der Waals surface area contributed by atoms with Crippen molar-refractivity contribution in [1.29, 1.82) is 0 Å². The second kappa shape index (κ2) is 15.8. The third-order valence-corrected chi connectivity index (χ3v) is 13.5. The van der Waals surface area contributed by atoms with Gasteiger partial charge in [-0.15, -0.1) is 0 Å². The molecule has 0 aliphatic heterocycles. The lowest BCUT2D eigenvalue weighted by Gasteiger charge is -2.22. The van der Waals surface area contributed by atoms with Gasteiger partial charge in [-0.05, 0) is 123 Å². The van der Waals surface area contributed by atoms with Crippen molar-refractivity contribution in [3.63, 3.8) is 0 Å². The molecule has 1 unspecified atom stereocenters. The predicted molar refractivity (Wildman–Crippen MR) is 272 cm³/mol. The average molecular weight is 821 g/mol. The Kier molecular flexibility index (Phi) is 9.68. The maximum Gasteiger partial charge on any atom is 0.0504 e. The van der Waals surface area contributed by atoms with E-state index in [1.165, 1.54) is 88.3 Å². The van der Waals surface area contributed by atoms with E-state index in [1.54, 1.807) is 0 Å². The van der Waals surface area contributed by atoms with Crippen molar-refractivity contribution in [2.24, 2.45) is 11.5 Å². The van der Waals surface area contributed by atoms with E-state index >= 15 is 0 Å². The second-order valence-electron chi connectivity index (χ2n) is 17.6. The second-order valence-corrected chi connectivity index (χ2v) is 17.6. The lowest BCUT2D eigenvalue weighted by Crippen LogP contribution is -2.14. The molecule has 0 aromatic heterocycles. The van der Waals surface area contributed by atoms with Crippen LogP contribution in [-0.4, -0.2) is 0 Å². The van der Waals surface area contributed by atoms with Crippen molar-refractivity contribution in [2.75, 3.05) is 0 Å². The minimum Gasteiger partial charge on any atom is -0.398 e. The molecule has 0 spiro atoms. The Balaban J connectivity index is 0.966. The summed E-state index contributed by atoms with van der Waals surface area (Å²) in [7, 11) is 0. The fraction of sp³-hybridized carbons (Fsp3) is 0.0645. The zero-order valence-corrected chi connectivity index (χ0v) is 36.1.